The van der Waals surface area contributed by atoms with Gasteiger partial charge in [0.2, 0.25) is 0 Å². The third-order valence-corrected chi connectivity index (χ3v) is 8.66. The van der Waals surface area contributed by atoms with Crippen LogP contribution in [0.25, 0.3) is 0 Å². The maximum atomic E-state index is 12.9. The van der Waals surface area contributed by atoms with E-state index in [4.69, 9.17) is 9.47 Å². The first-order valence-corrected chi connectivity index (χ1v) is 11.5. The van der Waals surface area contributed by atoms with Gasteiger partial charge in [-0.25, -0.2) is 0 Å². The fraction of sp³-hybridized carbons (Fsp3) is 0.333. The Morgan fingerprint density at radius 1 is 1.11 bits per heavy atom. The van der Waals surface area contributed by atoms with E-state index < -0.39 is 0 Å². The summed E-state index contributed by atoms with van der Waals surface area (Å²) >= 11 is -0.388. The predicted molar refractivity (Wildman–Crippen MR) is 105 cm³/mol. The van der Waals surface area contributed by atoms with Gasteiger partial charge in [0.1, 0.15) is 0 Å². The Morgan fingerprint density at radius 2 is 1.93 bits per heavy atom. The van der Waals surface area contributed by atoms with Gasteiger partial charge in [-0.2, -0.15) is 0 Å². The van der Waals surface area contributed by atoms with E-state index in [1.807, 2.05) is 30.3 Å². The van der Waals surface area contributed by atoms with Crippen LogP contribution < -0.4 is 19.1 Å². The summed E-state index contributed by atoms with van der Waals surface area (Å²) in [4.78, 5) is 24.0. The van der Waals surface area contributed by atoms with E-state index in [1.54, 1.807) is 6.07 Å². The predicted octanol–water partition coefficient (Wildman–Crippen LogP) is 2.58. The number of carbonyl (C=O) groups is 2. The van der Waals surface area contributed by atoms with Crippen LogP contribution in [0.1, 0.15) is 52.0 Å². The van der Waals surface area contributed by atoms with Gasteiger partial charge in [0.05, 0.1) is 0 Å². The number of hydrogen-bond acceptors (Lipinski definition) is 4. The number of benzene rings is 2. The van der Waals surface area contributed by atoms with Crippen LogP contribution in [0.3, 0.4) is 0 Å². The molecule has 2 aliphatic rings. The Kier molecular flexibility index (Phi) is 5.49. The van der Waals surface area contributed by atoms with Gasteiger partial charge in [0.25, 0.3) is 0 Å². The van der Waals surface area contributed by atoms with Gasteiger partial charge in [-0.05, 0) is 0 Å². The summed E-state index contributed by atoms with van der Waals surface area (Å²) in [6, 6.07) is 11.2. The van der Waals surface area contributed by atoms with Gasteiger partial charge >= 0.3 is 165 Å². The molecular weight excluding hydrogens is 405 g/mol. The van der Waals surface area contributed by atoms with Crippen molar-refractivity contribution < 1.29 is 19.1 Å². The summed E-state index contributed by atoms with van der Waals surface area (Å²) in [6.45, 7) is 0.641. The van der Waals surface area contributed by atoms with Gasteiger partial charge in [0.15, 0.2) is 0 Å². The fourth-order valence-corrected chi connectivity index (χ4v) is 7.05. The maximum absolute atomic E-state index is 12.9. The molecule has 0 spiro atoms. The second-order valence-electron chi connectivity index (χ2n) is 6.92. The second kappa shape index (κ2) is 8.18. The van der Waals surface area contributed by atoms with E-state index in [0.717, 1.165) is 26.7 Å². The van der Waals surface area contributed by atoms with Crippen LogP contribution >= 0.6 is 0 Å². The van der Waals surface area contributed by atoms with Gasteiger partial charge in [-0.15, -0.1) is 0 Å². The molecule has 0 radical (unpaired) electrons. The van der Waals surface area contributed by atoms with E-state index in [0.29, 0.717) is 23.4 Å². The molecule has 1 unspecified atom stereocenters. The number of ether oxygens (including phenoxy) is 2. The number of carbonyl (C=O) groups excluding carboxylic acids is 2. The fourth-order valence-electron chi connectivity index (χ4n) is 3.57. The topological polar surface area (TPSA) is 64.6 Å². The molecule has 0 bridgehead atoms. The number of fused-ring (bicyclic) bond motifs is 1. The van der Waals surface area contributed by atoms with Crippen molar-refractivity contribution >= 4 is 32.3 Å². The monoisotopic (exact) mass is 427 g/mol. The van der Waals surface area contributed by atoms with Crippen molar-refractivity contribution in [2.45, 2.75) is 36.9 Å². The number of rotatable bonds is 6. The van der Waals surface area contributed by atoms with E-state index in [-0.39, 0.29) is 28.5 Å². The van der Waals surface area contributed by atoms with Gasteiger partial charge in [-0.3, -0.25) is 0 Å². The van der Waals surface area contributed by atoms with Crippen molar-refractivity contribution in [1.82, 2.24) is 5.32 Å². The Bertz CT molecular complexity index is 861. The molecule has 4 rings (SSSR count). The Balaban J connectivity index is 1.48. The molecule has 1 heterocycles. The van der Waals surface area contributed by atoms with Crippen molar-refractivity contribution in [2.24, 2.45) is 0 Å². The van der Waals surface area contributed by atoms with Crippen LogP contribution in [-0.2, 0) is 6.54 Å². The van der Waals surface area contributed by atoms with E-state index in [2.05, 4.69) is 5.32 Å². The number of aldehydes is 1. The van der Waals surface area contributed by atoms with Crippen LogP contribution in [0.2, 0.25) is 4.71 Å². The molecule has 5 nitrogen and oxygen atoms in total. The molecular formula is C21H22AsNO4. The molecule has 140 valence electrons. The first kappa shape index (κ1) is 18.1. The van der Waals surface area contributed by atoms with Gasteiger partial charge in [-0.1, -0.05) is 0 Å². The Hall–Kier alpha value is -2.26. The minimum atomic E-state index is -0.388. The van der Waals surface area contributed by atoms with Crippen LogP contribution in [-0.4, -0.2) is 34.7 Å². The SMILES string of the molecule is O=Cc1ccc([AsH]C2CCCC2)c(C(=O)NCc2ccc3c(c2)OCO3)c1. The normalized spacial score (nSPS) is 16.1. The Labute approximate surface area is 165 Å². The molecule has 2 aromatic rings. The summed E-state index contributed by atoms with van der Waals surface area (Å²) in [5.74, 6) is 1.32. The molecule has 0 saturated heterocycles. The van der Waals surface area contributed by atoms with E-state index in [9.17, 15) is 9.59 Å². The van der Waals surface area contributed by atoms with Gasteiger partial charge in [0, 0.05) is 0 Å². The molecule has 2 aromatic carbocycles. The molecule has 1 atom stereocenters. The van der Waals surface area contributed by atoms with E-state index in [1.165, 1.54) is 25.7 Å². The summed E-state index contributed by atoms with van der Waals surface area (Å²) in [6.07, 6.45) is 5.94. The Morgan fingerprint density at radius 3 is 2.74 bits per heavy atom. The average molecular weight is 427 g/mol. The van der Waals surface area contributed by atoms with Crippen molar-refractivity contribution in [3.05, 3.63) is 53.1 Å². The third kappa shape index (κ3) is 4.19. The van der Waals surface area contributed by atoms with Gasteiger partial charge < -0.3 is 0 Å². The summed E-state index contributed by atoms with van der Waals surface area (Å²) in [5.41, 5.74) is 2.16. The molecule has 0 aromatic heterocycles. The van der Waals surface area contributed by atoms with E-state index >= 15 is 0 Å². The summed E-state index contributed by atoms with van der Waals surface area (Å²) in [7, 11) is 0. The number of nitrogens with one attached hydrogen (secondary N) is 1. The number of amides is 1. The summed E-state index contributed by atoms with van der Waals surface area (Å²) < 4.78 is 12.6. The van der Waals surface area contributed by atoms with Crippen molar-refractivity contribution in [1.29, 1.82) is 0 Å². The first-order chi connectivity index (χ1) is 13.2. The first-order valence-electron chi connectivity index (χ1n) is 9.25. The zero-order valence-electron chi connectivity index (χ0n) is 15.0. The zero-order chi connectivity index (χ0) is 18.6. The molecule has 1 aliphatic heterocycles. The van der Waals surface area contributed by atoms with Crippen LogP contribution in [0.4, 0.5) is 0 Å². The second-order valence-corrected chi connectivity index (χ2v) is 10.4. The molecule has 6 heteroatoms. The zero-order valence-corrected chi connectivity index (χ0v) is 17.1. The molecule has 1 saturated carbocycles. The minimum absolute atomic E-state index is 0.117. The average Bonchev–Trinajstić information content (AvgIpc) is 3.37. The standard InChI is InChI=1S/C21H22AsNO4/c24-12-15-5-7-18(22-16-3-1-2-4-16)17(9-15)21(25)23-11-14-6-8-19-20(10-14)27-13-26-19/h5-10,12,16,22H,1-4,11,13H2,(H,23,25). The van der Waals surface area contributed by atoms with Crippen LogP contribution in [0, 0.1) is 0 Å². The molecule has 1 N–H and O–H groups in total. The van der Waals surface area contributed by atoms with Crippen LogP contribution in [0.15, 0.2) is 36.4 Å². The van der Waals surface area contributed by atoms with Crippen molar-refractivity contribution in [2.75, 3.05) is 6.79 Å². The molecule has 1 fully saturated rings. The third-order valence-electron chi connectivity index (χ3n) is 5.03. The van der Waals surface area contributed by atoms with Crippen LogP contribution in [0.5, 0.6) is 11.5 Å². The molecule has 27 heavy (non-hydrogen) atoms. The molecule has 1 aliphatic carbocycles. The molecule has 1 amide bonds. The van der Waals surface area contributed by atoms with Crippen molar-refractivity contribution in [3.8, 4) is 11.5 Å². The quantitative estimate of drug-likeness (QED) is 0.569. The summed E-state index contributed by atoms with van der Waals surface area (Å²) in [5, 5.41) is 2.99. The van der Waals surface area contributed by atoms with Crippen molar-refractivity contribution in [3.63, 3.8) is 0 Å². The number of hydrogen-bond donors (Lipinski definition) is 1.